The Bertz CT molecular complexity index is 1300. The molecule has 2 aliphatic rings. The SMILES string of the molecule is O=[N+]([O-])c1cc(C(F)(F)F)c2c(c1)S(=O)(N1CCN(Cc3cccc(Cl)c3)CC1)=C(CBr)N2CCBr. The van der Waals surface area contributed by atoms with E-state index in [1.165, 1.54) is 4.90 Å². The third kappa shape index (κ3) is 5.14. The normalized spacial score (nSPS) is 21.2. The van der Waals surface area contributed by atoms with E-state index in [4.69, 9.17) is 11.6 Å². The van der Waals surface area contributed by atoms with Crippen molar-refractivity contribution in [1.82, 2.24) is 9.21 Å². The largest absolute Gasteiger partial charge is 0.418 e. The zero-order valence-corrected chi connectivity index (χ0v) is 23.6. The Morgan fingerprint density at radius 2 is 1.81 bits per heavy atom. The van der Waals surface area contributed by atoms with Crippen molar-refractivity contribution in [3.05, 3.63) is 62.7 Å². The maximum atomic E-state index is 14.8. The molecule has 1 atom stereocenters. The van der Waals surface area contributed by atoms with Crippen molar-refractivity contribution in [1.29, 1.82) is 0 Å². The number of hydrogen-bond donors (Lipinski definition) is 0. The van der Waals surface area contributed by atoms with Gasteiger partial charge in [-0.25, -0.2) is 8.51 Å². The fourth-order valence-corrected chi connectivity index (χ4v) is 9.30. The standard InChI is InChI=1S/C22H22Br2ClF3N4O3S/c23-4-5-31-20(13-24)36(35,19-12-17(32(33)34)11-18(21(19)31)22(26,27)28)30-8-6-29(7-9-30)14-15-2-1-3-16(25)10-15/h1-3,10-12H,4-9,13-14H2. The van der Waals surface area contributed by atoms with Crippen molar-refractivity contribution in [3.63, 3.8) is 0 Å². The van der Waals surface area contributed by atoms with Crippen LogP contribution in [0.5, 0.6) is 0 Å². The Labute approximate surface area is 228 Å². The second kappa shape index (κ2) is 10.8. The molecule has 1 saturated heterocycles. The van der Waals surface area contributed by atoms with Gasteiger partial charge in [0.2, 0.25) is 0 Å². The zero-order valence-electron chi connectivity index (χ0n) is 18.8. The predicted molar refractivity (Wildman–Crippen MR) is 143 cm³/mol. The number of fused-ring (bicyclic) bond motifs is 1. The van der Waals surface area contributed by atoms with Gasteiger partial charge in [0.05, 0.1) is 36.1 Å². The van der Waals surface area contributed by atoms with Crippen LogP contribution in [0.1, 0.15) is 11.1 Å². The molecular weight excluding hydrogens is 653 g/mol. The van der Waals surface area contributed by atoms with E-state index in [9.17, 15) is 27.5 Å². The lowest BCUT2D eigenvalue weighted by Gasteiger charge is -2.36. The molecule has 0 N–H and O–H groups in total. The van der Waals surface area contributed by atoms with Crippen molar-refractivity contribution >= 4 is 69.5 Å². The van der Waals surface area contributed by atoms with Gasteiger partial charge in [0.15, 0.2) is 0 Å². The lowest BCUT2D eigenvalue weighted by molar-refractivity contribution is -0.385. The van der Waals surface area contributed by atoms with E-state index in [1.54, 1.807) is 10.4 Å². The van der Waals surface area contributed by atoms with E-state index in [0.29, 0.717) is 49.1 Å². The zero-order chi connectivity index (χ0) is 26.3. The molecule has 36 heavy (non-hydrogen) atoms. The van der Waals surface area contributed by atoms with Gasteiger partial charge in [-0.3, -0.25) is 15.0 Å². The van der Waals surface area contributed by atoms with E-state index in [0.717, 1.165) is 11.6 Å². The second-order valence-corrected chi connectivity index (χ2v) is 12.6. The summed E-state index contributed by atoms with van der Waals surface area (Å²) in [6.07, 6.45) is -4.86. The highest BCUT2D eigenvalue weighted by Gasteiger charge is 2.46. The van der Waals surface area contributed by atoms with Gasteiger partial charge in [0.1, 0.15) is 4.99 Å². The van der Waals surface area contributed by atoms with Crippen LogP contribution >= 0.6 is 43.5 Å². The topological polar surface area (TPSA) is 69.9 Å². The third-order valence-corrected chi connectivity index (χ3v) is 10.7. The van der Waals surface area contributed by atoms with Crippen LogP contribution in [-0.2, 0) is 22.4 Å². The average molecular weight is 675 g/mol. The molecule has 2 aliphatic heterocycles. The smallest absolute Gasteiger partial charge is 0.334 e. The number of hydrogen-bond acceptors (Lipinski definition) is 5. The minimum atomic E-state index is -4.86. The van der Waals surface area contributed by atoms with E-state index in [1.807, 2.05) is 18.2 Å². The number of rotatable bonds is 7. The number of nitrogens with zero attached hydrogens (tertiary/aromatic N) is 4. The van der Waals surface area contributed by atoms with Gasteiger partial charge in [-0.1, -0.05) is 55.6 Å². The maximum absolute atomic E-state index is 14.8. The number of nitro benzene ring substituents is 1. The van der Waals surface area contributed by atoms with Gasteiger partial charge < -0.3 is 4.90 Å². The number of halogens is 6. The van der Waals surface area contributed by atoms with Crippen LogP contribution in [0.4, 0.5) is 24.5 Å². The fraction of sp³-hybridized carbons (Fsp3) is 0.409. The number of alkyl halides is 5. The highest BCUT2D eigenvalue weighted by Crippen LogP contribution is 2.47. The summed E-state index contributed by atoms with van der Waals surface area (Å²) in [5.74, 6) is 0. The first kappa shape index (κ1) is 27.6. The first-order valence-corrected chi connectivity index (χ1v) is 15.1. The molecule has 0 aromatic heterocycles. The van der Waals surface area contributed by atoms with Gasteiger partial charge in [0, 0.05) is 61.8 Å². The molecule has 1 fully saturated rings. The van der Waals surface area contributed by atoms with Crippen LogP contribution < -0.4 is 4.90 Å². The molecule has 2 heterocycles. The summed E-state index contributed by atoms with van der Waals surface area (Å²) >= 11 is 12.7. The molecule has 7 nitrogen and oxygen atoms in total. The van der Waals surface area contributed by atoms with Crippen molar-refractivity contribution in [2.75, 3.05) is 48.3 Å². The quantitative estimate of drug-likeness (QED) is 0.171. The molecule has 2 aromatic carbocycles. The maximum Gasteiger partial charge on any atom is 0.418 e. The summed E-state index contributed by atoms with van der Waals surface area (Å²) in [5, 5.41) is 12.5. The molecule has 1 unspecified atom stereocenters. The number of non-ortho nitro benzene ring substituents is 1. The molecule has 14 heteroatoms. The van der Waals surface area contributed by atoms with E-state index >= 15 is 0 Å². The van der Waals surface area contributed by atoms with Gasteiger partial charge in [-0.15, -0.1) is 0 Å². The van der Waals surface area contributed by atoms with Gasteiger partial charge in [-0.2, -0.15) is 13.2 Å². The Kier molecular flexibility index (Phi) is 8.28. The number of piperazine rings is 1. The Morgan fingerprint density at radius 3 is 2.36 bits per heavy atom. The summed E-state index contributed by atoms with van der Waals surface area (Å²) in [7, 11) is -3.36. The molecule has 2 aromatic rings. The molecule has 0 bridgehead atoms. The number of anilines is 1. The molecule has 4 rings (SSSR count). The Hall–Kier alpha value is -1.38. The van der Waals surface area contributed by atoms with Gasteiger partial charge in [0.25, 0.3) is 5.69 Å². The van der Waals surface area contributed by atoms with Crippen LogP contribution in [0.25, 0.3) is 0 Å². The van der Waals surface area contributed by atoms with Gasteiger partial charge in [-0.05, 0) is 17.7 Å². The monoisotopic (exact) mass is 672 g/mol. The molecule has 0 radical (unpaired) electrons. The van der Waals surface area contributed by atoms with Crippen LogP contribution in [-0.4, -0.2) is 66.7 Å². The van der Waals surface area contributed by atoms with Crippen molar-refractivity contribution in [2.45, 2.75) is 17.6 Å². The lowest BCUT2D eigenvalue weighted by atomic mass is 10.1. The first-order valence-electron chi connectivity index (χ1n) is 10.9. The fourth-order valence-electron chi connectivity index (χ4n) is 4.60. The highest BCUT2D eigenvalue weighted by atomic mass is 79.9. The molecule has 0 spiro atoms. The first-order chi connectivity index (χ1) is 17.0. The number of benzene rings is 2. The summed E-state index contributed by atoms with van der Waals surface area (Å²) < 4.78 is 58.7. The summed E-state index contributed by atoms with van der Waals surface area (Å²) in [5.41, 5.74) is -1.14. The van der Waals surface area contributed by atoms with Crippen molar-refractivity contribution in [2.24, 2.45) is 0 Å². The molecule has 0 saturated carbocycles. The molecule has 196 valence electrons. The predicted octanol–water partition coefficient (Wildman–Crippen LogP) is 5.38. The van der Waals surface area contributed by atoms with E-state index < -0.39 is 32.1 Å². The molecular formula is C22H22Br2ClF3N4O3S. The van der Waals surface area contributed by atoms with Crippen LogP contribution in [0.2, 0.25) is 5.02 Å². The Morgan fingerprint density at radius 1 is 1.11 bits per heavy atom. The molecule has 0 aliphatic carbocycles. The van der Waals surface area contributed by atoms with Crippen LogP contribution in [0.3, 0.4) is 0 Å². The van der Waals surface area contributed by atoms with Crippen LogP contribution in [0.15, 0.2) is 41.3 Å². The Balaban J connectivity index is 1.76. The van der Waals surface area contributed by atoms with E-state index in [2.05, 4.69) is 36.8 Å². The lowest BCUT2D eigenvalue weighted by Crippen LogP contribution is -2.50. The third-order valence-electron chi connectivity index (χ3n) is 6.18. The van der Waals surface area contributed by atoms with Gasteiger partial charge >= 0.3 is 6.18 Å². The summed E-state index contributed by atoms with van der Waals surface area (Å²) in [6, 6.07) is 9.05. The number of nitro groups is 1. The average Bonchev–Trinajstić information content (AvgIpc) is 3.06. The van der Waals surface area contributed by atoms with Crippen molar-refractivity contribution in [3.8, 4) is 0 Å². The minimum absolute atomic E-state index is 0.0569. The summed E-state index contributed by atoms with van der Waals surface area (Å²) in [4.78, 5) is 14.3. The van der Waals surface area contributed by atoms with E-state index in [-0.39, 0.29) is 27.4 Å². The molecule has 0 amide bonds. The minimum Gasteiger partial charge on any atom is -0.334 e. The summed E-state index contributed by atoms with van der Waals surface area (Å²) in [6.45, 7) is 2.44. The van der Waals surface area contributed by atoms with Crippen LogP contribution in [0, 0.1) is 10.1 Å². The van der Waals surface area contributed by atoms with Crippen molar-refractivity contribution < 1.29 is 22.3 Å². The highest BCUT2D eigenvalue weighted by molar-refractivity contribution is 9.09. The second-order valence-electron chi connectivity index (χ2n) is 8.32.